The van der Waals surface area contributed by atoms with Crippen molar-refractivity contribution in [3.63, 3.8) is 0 Å². The molecule has 0 atom stereocenters. The van der Waals surface area contributed by atoms with Crippen LogP contribution in [0.3, 0.4) is 0 Å². The van der Waals surface area contributed by atoms with Gasteiger partial charge in [-0.1, -0.05) is 12.1 Å². The molecule has 24 heavy (non-hydrogen) atoms. The molecular formula is C12H18F3N3O4S2. The molecule has 0 aliphatic heterocycles. The average Bonchev–Trinajstić information content (AvgIpc) is 2.41. The van der Waals surface area contributed by atoms with E-state index in [1.54, 1.807) is 0 Å². The summed E-state index contributed by atoms with van der Waals surface area (Å²) in [4.78, 5) is 0. The zero-order valence-electron chi connectivity index (χ0n) is 13.2. The van der Waals surface area contributed by atoms with Crippen molar-refractivity contribution in [3.05, 3.63) is 29.8 Å². The SMILES string of the molecule is CN(C)S(=O)(=O)NCCN(c1ccccc1C(F)(F)F)S(C)(=O)=O. The van der Waals surface area contributed by atoms with Gasteiger partial charge < -0.3 is 0 Å². The van der Waals surface area contributed by atoms with Crippen molar-refractivity contribution >= 4 is 25.9 Å². The van der Waals surface area contributed by atoms with Gasteiger partial charge in [-0.2, -0.15) is 25.9 Å². The summed E-state index contributed by atoms with van der Waals surface area (Å²) in [5.74, 6) is 0. The first-order valence-corrected chi connectivity index (χ1v) is 9.86. The Bertz CT molecular complexity index is 777. The first-order chi connectivity index (χ1) is 10.8. The van der Waals surface area contributed by atoms with Crippen molar-refractivity contribution in [2.45, 2.75) is 6.18 Å². The third-order valence-electron chi connectivity index (χ3n) is 2.96. The first kappa shape index (κ1) is 20.7. The highest BCUT2D eigenvalue weighted by molar-refractivity contribution is 7.92. The van der Waals surface area contributed by atoms with Crippen LogP contribution in [0.15, 0.2) is 24.3 Å². The number of alkyl halides is 3. The van der Waals surface area contributed by atoms with Gasteiger partial charge in [0.2, 0.25) is 10.0 Å². The Hall–Kier alpha value is -1.37. The first-order valence-electron chi connectivity index (χ1n) is 6.58. The minimum absolute atomic E-state index is 0.389. The summed E-state index contributed by atoms with van der Waals surface area (Å²) < 4.78 is 89.6. The second-order valence-corrected chi connectivity index (χ2v) is 8.91. The molecule has 0 saturated carbocycles. The van der Waals surface area contributed by atoms with Gasteiger partial charge in [0, 0.05) is 27.2 Å². The number of benzene rings is 1. The highest BCUT2D eigenvalue weighted by Gasteiger charge is 2.36. The topological polar surface area (TPSA) is 86.8 Å². The maximum atomic E-state index is 13.1. The smallest absolute Gasteiger partial charge is 0.269 e. The van der Waals surface area contributed by atoms with Crippen LogP contribution in [0, 0.1) is 0 Å². The van der Waals surface area contributed by atoms with Gasteiger partial charge >= 0.3 is 6.18 Å². The quantitative estimate of drug-likeness (QED) is 0.750. The summed E-state index contributed by atoms with van der Waals surface area (Å²) >= 11 is 0. The van der Waals surface area contributed by atoms with E-state index in [0.29, 0.717) is 4.31 Å². The van der Waals surface area contributed by atoms with Crippen molar-refractivity contribution in [2.24, 2.45) is 0 Å². The Kier molecular flexibility index (Phi) is 6.25. The molecule has 1 aromatic rings. The zero-order valence-corrected chi connectivity index (χ0v) is 14.8. The van der Waals surface area contributed by atoms with E-state index in [1.807, 2.05) is 0 Å². The van der Waals surface area contributed by atoms with E-state index >= 15 is 0 Å². The summed E-state index contributed by atoms with van der Waals surface area (Å²) in [5, 5.41) is 0. The predicted molar refractivity (Wildman–Crippen MR) is 84.2 cm³/mol. The molecule has 0 aliphatic rings. The summed E-state index contributed by atoms with van der Waals surface area (Å²) in [6, 6.07) is 4.19. The molecule has 0 fully saturated rings. The molecule has 0 unspecified atom stereocenters. The Morgan fingerprint density at radius 3 is 2.08 bits per heavy atom. The second kappa shape index (κ2) is 7.25. The molecule has 0 amide bonds. The zero-order chi connectivity index (χ0) is 18.8. The Balaban J connectivity index is 3.15. The molecule has 0 spiro atoms. The van der Waals surface area contributed by atoms with E-state index in [1.165, 1.54) is 20.2 Å². The van der Waals surface area contributed by atoms with E-state index in [9.17, 15) is 30.0 Å². The van der Waals surface area contributed by atoms with Crippen LogP contribution in [0.2, 0.25) is 0 Å². The summed E-state index contributed by atoms with van der Waals surface area (Å²) in [7, 11) is -5.36. The number of halogens is 3. The molecule has 7 nitrogen and oxygen atoms in total. The molecule has 0 heterocycles. The van der Waals surface area contributed by atoms with Gasteiger partial charge in [-0.3, -0.25) is 4.31 Å². The average molecular weight is 389 g/mol. The molecule has 1 aromatic carbocycles. The number of hydrogen-bond donors (Lipinski definition) is 1. The van der Waals surface area contributed by atoms with Gasteiger partial charge in [0.15, 0.2) is 0 Å². The number of rotatable bonds is 7. The van der Waals surface area contributed by atoms with E-state index < -0.39 is 44.2 Å². The third-order valence-corrected chi connectivity index (χ3v) is 5.67. The fourth-order valence-corrected chi connectivity index (χ4v) is 3.35. The molecule has 0 aliphatic carbocycles. The van der Waals surface area contributed by atoms with Gasteiger partial charge in [0.25, 0.3) is 10.2 Å². The van der Waals surface area contributed by atoms with Gasteiger partial charge in [0.05, 0.1) is 17.5 Å². The number of nitrogens with zero attached hydrogens (tertiary/aromatic N) is 2. The second-order valence-electron chi connectivity index (χ2n) is 5.03. The summed E-state index contributed by atoms with van der Waals surface area (Å²) in [6.45, 7) is -0.876. The van der Waals surface area contributed by atoms with Crippen LogP contribution in [0.25, 0.3) is 0 Å². The third kappa shape index (κ3) is 5.33. The number of nitrogens with one attached hydrogen (secondary N) is 1. The molecular weight excluding hydrogens is 371 g/mol. The van der Waals surface area contributed by atoms with Crippen LogP contribution in [-0.2, 0) is 26.4 Å². The van der Waals surface area contributed by atoms with E-state index in [-0.39, 0.29) is 6.54 Å². The number of para-hydroxylation sites is 1. The summed E-state index contributed by atoms with van der Waals surface area (Å²) in [5.41, 5.74) is -1.68. The van der Waals surface area contributed by atoms with Crippen molar-refractivity contribution in [1.29, 1.82) is 0 Å². The lowest BCUT2D eigenvalue weighted by molar-refractivity contribution is -0.137. The lowest BCUT2D eigenvalue weighted by atomic mass is 10.1. The van der Waals surface area contributed by atoms with Crippen molar-refractivity contribution in [2.75, 3.05) is 37.7 Å². The minimum atomic E-state index is -4.75. The number of anilines is 1. The van der Waals surface area contributed by atoms with Gasteiger partial charge in [-0.25, -0.2) is 13.1 Å². The lowest BCUT2D eigenvalue weighted by Gasteiger charge is -2.26. The Morgan fingerprint density at radius 2 is 1.62 bits per heavy atom. The van der Waals surface area contributed by atoms with Crippen molar-refractivity contribution in [1.82, 2.24) is 9.03 Å². The van der Waals surface area contributed by atoms with Crippen LogP contribution in [-0.4, -0.2) is 54.6 Å². The predicted octanol–water partition coefficient (Wildman–Crippen LogP) is 0.867. The maximum absolute atomic E-state index is 13.1. The maximum Gasteiger partial charge on any atom is 0.418 e. The molecule has 0 saturated heterocycles. The van der Waals surface area contributed by atoms with Crippen LogP contribution >= 0.6 is 0 Å². The van der Waals surface area contributed by atoms with Crippen LogP contribution in [0.1, 0.15) is 5.56 Å². The van der Waals surface area contributed by atoms with Gasteiger partial charge in [0.1, 0.15) is 0 Å². The molecule has 12 heteroatoms. The minimum Gasteiger partial charge on any atom is -0.269 e. The van der Waals surface area contributed by atoms with E-state index in [0.717, 1.165) is 28.8 Å². The fraction of sp³-hybridized carbons (Fsp3) is 0.500. The molecule has 1 rings (SSSR count). The van der Waals surface area contributed by atoms with E-state index in [2.05, 4.69) is 4.72 Å². The van der Waals surface area contributed by atoms with Crippen LogP contribution < -0.4 is 9.03 Å². The highest BCUT2D eigenvalue weighted by Crippen LogP contribution is 2.37. The molecule has 0 radical (unpaired) electrons. The van der Waals surface area contributed by atoms with Crippen molar-refractivity contribution < 1.29 is 30.0 Å². The molecule has 138 valence electrons. The van der Waals surface area contributed by atoms with Crippen molar-refractivity contribution in [3.8, 4) is 0 Å². The Morgan fingerprint density at radius 1 is 1.08 bits per heavy atom. The molecule has 0 bridgehead atoms. The summed E-state index contributed by atoms with van der Waals surface area (Å²) in [6.07, 6.45) is -4.00. The van der Waals surface area contributed by atoms with E-state index in [4.69, 9.17) is 0 Å². The van der Waals surface area contributed by atoms with Gasteiger partial charge in [-0.05, 0) is 12.1 Å². The fourth-order valence-electron chi connectivity index (χ4n) is 1.80. The molecule has 1 N–H and O–H groups in total. The van der Waals surface area contributed by atoms with Crippen LogP contribution in [0.4, 0.5) is 18.9 Å². The Labute approximate surface area is 139 Å². The monoisotopic (exact) mass is 389 g/mol. The normalized spacial score (nSPS) is 13.3. The lowest BCUT2D eigenvalue weighted by Crippen LogP contribution is -2.42. The standard InChI is InChI=1S/C12H18F3N3O4S2/c1-17(2)24(21,22)16-8-9-18(23(3,19)20)11-7-5-4-6-10(11)12(13,14)15/h4-7,16H,8-9H2,1-3H3. The van der Waals surface area contributed by atoms with Crippen LogP contribution in [0.5, 0.6) is 0 Å². The largest absolute Gasteiger partial charge is 0.418 e. The highest BCUT2D eigenvalue weighted by atomic mass is 32.2. The molecule has 0 aromatic heterocycles. The number of sulfonamides is 1. The number of hydrogen-bond acceptors (Lipinski definition) is 4. The van der Waals surface area contributed by atoms with Gasteiger partial charge in [-0.15, -0.1) is 0 Å².